The lowest BCUT2D eigenvalue weighted by Gasteiger charge is -2.53. The van der Waals surface area contributed by atoms with Crippen molar-refractivity contribution in [3.05, 3.63) is 0 Å². The minimum atomic E-state index is 0.0530. The van der Waals surface area contributed by atoms with Crippen molar-refractivity contribution in [3.8, 4) is 0 Å². The van der Waals surface area contributed by atoms with Crippen molar-refractivity contribution in [1.82, 2.24) is 20.0 Å². The third-order valence-electron chi connectivity index (χ3n) is 8.29. The summed E-state index contributed by atoms with van der Waals surface area (Å²) in [5.41, 5.74) is 0. The van der Waals surface area contributed by atoms with Gasteiger partial charge in [0.2, 0.25) is 11.8 Å². The van der Waals surface area contributed by atoms with E-state index < -0.39 is 0 Å². The van der Waals surface area contributed by atoms with Crippen LogP contribution in [0.4, 0.5) is 4.79 Å². The maximum atomic E-state index is 13.2. The van der Waals surface area contributed by atoms with Crippen molar-refractivity contribution < 1.29 is 14.4 Å². The van der Waals surface area contributed by atoms with Crippen molar-refractivity contribution in [2.24, 2.45) is 17.8 Å². The maximum absolute atomic E-state index is 13.2. The van der Waals surface area contributed by atoms with Gasteiger partial charge in [0.25, 0.3) is 0 Å². The van der Waals surface area contributed by atoms with Crippen LogP contribution in [-0.4, -0.2) is 77.4 Å². The predicted octanol–water partition coefficient (Wildman–Crippen LogP) is 2.21. The van der Waals surface area contributed by atoms with E-state index in [4.69, 9.17) is 0 Å². The highest BCUT2D eigenvalue weighted by Crippen LogP contribution is 2.38. The number of piperidine rings is 4. The Morgan fingerprint density at radius 2 is 1.63 bits per heavy atom. The summed E-state index contributed by atoms with van der Waals surface area (Å²) in [6.45, 7) is 3.75. The normalized spacial score (nSPS) is 32.9. The number of hydrogen-bond acceptors (Lipinski definition) is 3. The van der Waals surface area contributed by atoms with Gasteiger partial charge in [0.15, 0.2) is 0 Å². The van der Waals surface area contributed by atoms with E-state index in [-0.39, 0.29) is 17.9 Å². The highest BCUT2D eigenvalue weighted by molar-refractivity contribution is 5.80. The molecule has 1 N–H and O–H groups in total. The van der Waals surface area contributed by atoms with Crippen molar-refractivity contribution in [1.29, 1.82) is 0 Å². The standard InChI is InChI=1S/C23H36N4O3/c28-21-7-3-6-20-18-12-16(14-27(20)21)13-26(15-18)23(30)25-10-8-17(9-11-25)22(29)24-19-4-1-2-5-19/h16-20H,1-15H2,(H,24,29)/t16?,18?,20-/m1/s1. The molecule has 7 nitrogen and oxygen atoms in total. The summed E-state index contributed by atoms with van der Waals surface area (Å²) >= 11 is 0. The van der Waals surface area contributed by atoms with E-state index in [2.05, 4.69) is 10.2 Å². The fraction of sp³-hybridized carbons (Fsp3) is 0.870. The molecule has 0 radical (unpaired) electrons. The Morgan fingerprint density at radius 1 is 0.867 bits per heavy atom. The summed E-state index contributed by atoms with van der Waals surface area (Å²) in [5, 5.41) is 3.23. The smallest absolute Gasteiger partial charge is 0.320 e. The van der Waals surface area contributed by atoms with Crippen molar-refractivity contribution >= 4 is 17.8 Å². The molecule has 2 bridgehead atoms. The van der Waals surface area contributed by atoms with Gasteiger partial charge in [0, 0.05) is 57.1 Å². The molecule has 4 amide bonds. The van der Waals surface area contributed by atoms with Gasteiger partial charge in [-0.1, -0.05) is 12.8 Å². The first-order valence-electron chi connectivity index (χ1n) is 12.2. The molecule has 3 atom stereocenters. The van der Waals surface area contributed by atoms with E-state index >= 15 is 0 Å². The van der Waals surface area contributed by atoms with Crippen LogP contribution < -0.4 is 5.32 Å². The Hall–Kier alpha value is -1.79. The van der Waals surface area contributed by atoms with E-state index in [0.717, 1.165) is 64.6 Å². The molecule has 4 aliphatic heterocycles. The molecule has 7 heteroatoms. The first-order valence-corrected chi connectivity index (χ1v) is 12.2. The number of carbonyl (C=O) groups excluding carboxylic acids is 3. The summed E-state index contributed by atoms with van der Waals surface area (Å²) in [6, 6.07) is 0.856. The third kappa shape index (κ3) is 3.92. The molecule has 5 aliphatic rings. The number of fused-ring (bicyclic) bond motifs is 4. The lowest BCUT2D eigenvalue weighted by molar-refractivity contribution is -0.144. The number of urea groups is 1. The topological polar surface area (TPSA) is 73.0 Å². The summed E-state index contributed by atoms with van der Waals surface area (Å²) in [5.74, 6) is 1.42. The largest absolute Gasteiger partial charge is 0.353 e. The second-order valence-corrected chi connectivity index (χ2v) is 10.3. The molecule has 1 aliphatic carbocycles. The van der Waals surface area contributed by atoms with Gasteiger partial charge in [-0.2, -0.15) is 0 Å². The second kappa shape index (κ2) is 8.39. The molecular formula is C23H36N4O3. The molecule has 0 aromatic carbocycles. The van der Waals surface area contributed by atoms with Gasteiger partial charge in [-0.05, 0) is 56.8 Å². The molecule has 0 spiro atoms. The highest BCUT2D eigenvalue weighted by atomic mass is 16.2. The predicted molar refractivity (Wildman–Crippen MR) is 113 cm³/mol. The Balaban J connectivity index is 1.14. The minimum Gasteiger partial charge on any atom is -0.353 e. The molecule has 4 saturated heterocycles. The summed E-state index contributed by atoms with van der Waals surface area (Å²) in [6.07, 6.45) is 10.2. The first-order chi connectivity index (χ1) is 14.6. The maximum Gasteiger partial charge on any atom is 0.320 e. The van der Waals surface area contributed by atoms with Crippen LogP contribution in [0.15, 0.2) is 0 Å². The van der Waals surface area contributed by atoms with E-state index in [0.29, 0.717) is 49.3 Å². The van der Waals surface area contributed by atoms with Crippen molar-refractivity contribution in [2.75, 3.05) is 32.7 Å². The van der Waals surface area contributed by atoms with Crippen LogP contribution in [-0.2, 0) is 9.59 Å². The Labute approximate surface area is 179 Å². The van der Waals surface area contributed by atoms with Gasteiger partial charge in [-0.25, -0.2) is 4.79 Å². The molecular weight excluding hydrogens is 380 g/mol. The number of rotatable bonds is 2. The molecule has 1 saturated carbocycles. The van der Waals surface area contributed by atoms with Crippen LogP contribution in [0.1, 0.15) is 64.2 Å². The zero-order chi connectivity index (χ0) is 20.7. The zero-order valence-electron chi connectivity index (χ0n) is 18.1. The van der Waals surface area contributed by atoms with Gasteiger partial charge in [-0.3, -0.25) is 9.59 Å². The van der Waals surface area contributed by atoms with Gasteiger partial charge in [-0.15, -0.1) is 0 Å². The second-order valence-electron chi connectivity index (χ2n) is 10.3. The molecule has 5 fully saturated rings. The highest BCUT2D eigenvalue weighted by Gasteiger charge is 2.45. The Kier molecular flexibility index (Phi) is 5.63. The van der Waals surface area contributed by atoms with Crippen LogP contribution in [0, 0.1) is 17.8 Å². The van der Waals surface area contributed by atoms with Crippen LogP contribution in [0.2, 0.25) is 0 Å². The van der Waals surface area contributed by atoms with E-state index in [9.17, 15) is 14.4 Å². The number of nitrogens with zero attached hydrogens (tertiary/aromatic N) is 3. The number of likely N-dealkylation sites (tertiary alicyclic amines) is 2. The number of hydrogen-bond donors (Lipinski definition) is 1. The summed E-state index contributed by atoms with van der Waals surface area (Å²) in [7, 11) is 0. The molecule has 2 unspecified atom stereocenters. The SMILES string of the molecule is O=C(NC1CCCC1)C1CCN(C(=O)N2CC3CC(C2)[C@H]2CCCC(=O)N2C3)CC1. The van der Waals surface area contributed by atoms with Gasteiger partial charge >= 0.3 is 6.03 Å². The number of nitrogens with one attached hydrogen (secondary N) is 1. The number of carbonyl (C=O) groups is 3. The first kappa shape index (κ1) is 20.1. The average Bonchev–Trinajstić information content (AvgIpc) is 3.27. The molecule has 0 aromatic heterocycles. The monoisotopic (exact) mass is 416 g/mol. The quantitative estimate of drug-likeness (QED) is 0.750. The number of amides is 4. The van der Waals surface area contributed by atoms with E-state index in [1.165, 1.54) is 12.8 Å². The van der Waals surface area contributed by atoms with Gasteiger partial charge in [0.05, 0.1) is 0 Å². The molecule has 0 aromatic rings. The molecule has 30 heavy (non-hydrogen) atoms. The lowest BCUT2D eigenvalue weighted by atomic mass is 9.76. The van der Waals surface area contributed by atoms with Crippen LogP contribution in [0.5, 0.6) is 0 Å². The fourth-order valence-corrected chi connectivity index (χ4v) is 6.69. The molecule has 166 valence electrons. The van der Waals surface area contributed by atoms with Gasteiger partial charge < -0.3 is 20.0 Å². The third-order valence-corrected chi connectivity index (χ3v) is 8.29. The fourth-order valence-electron chi connectivity index (χ4n) is 6.69. The molecule has 4 heterocycles. The lowest BCUT2D eigenvalue weighted by Crippen LogP contribution is -2.62. The summed E-state index contributed by atoms with van der Waals surface area (Å²) < 4.78 is 0. The zero-order valence-corrected chi connectivity index (χ0v) is 18.1. The van der Waals surface area contributed by atoms with Crippen LogP contribution in [0.25, 0.3) is 0 Å². The summed E-state index contributed by atoms with van der Waals surface area (Å²) in [4.78, 5) is 44.3. The van der Waals surface area contributed by atoms with Crippen molar-refractivity contribution in [3.63, 3.8) is 0 Å². The van der Waals surface area contributed by atoms with Crippen molar-refractivity contribution in [2.45, 2.75) is 76.3 Å². The average molecular weight is 417 g/mol. The Bertz CT molecular complexity index is 684. The van der Waals surface area contributed by atoms with Crippen LogP contribution >= 0.6 is 0 Å². The minimum absolute atomic E-state index is 0.0530. The van der Waals surface area contributed by atoms with E-state index in [1.54, 1.807) is 0 Å². The Morgan fingerprint density at radius 3 is 2.40 bits per heavy atom. The van der Waals surface area contributed by atoms with E-state index in [1.807, 2.05) is 9.80 Å². The molecule has 5 rings (SSSR count). The van der Waals surface area contributed by atoms with Gasteiger partial charge in [0.1, 0.15) is 0 Å². The van der Waals surface area contributed by atoms with Crippen LogP contribution in [0.3, 0.4) is 0 Å².